The molecule has 0 unspecified atom stereocenters. The van der Waals surface area contributed by atoms with Crippen molar-refractivity contribution in [2.24, 2.45) is 0 Å². The van der Waals surface area contributed by atoms with Gasteiger partial charge < -0.3 is 9.88 Å². The number of carbonyl (C=O) groups is 1. The summed E-state index contributed by atoms with van der Waals surface area (Å²) in [6.07, 6.45) is 2.20. The molecule has 3 aromatic carbocycles. The minimum absolute atomic E-state index is 0.0859. The molecule has 3 nitrogen and oxygen atoms in total. The Labute approximate surface area is 186 Å². The highest BCUT2D eigenvalue weighted by molar-refractivity contribution is 7.98. The van der Waals surface area contributed by atoms with E-state index in [-0.39, 0.29) is 5.91 Å². The van der Waals surface area contributed by atoms with E-state index in [1.807, 2.05) is 11.8 Å². The van der Waals surface area contributed by atoms with Crippen molar-refractivity contribution in [1.82, 2.24) is 9.88 Å². The topological polar surface area (TPSA) is 34.0 Å². The highest BCUT2D eigenvalue weighted by atomic mass is 35.5. The number of aromatic nitrogens is 1. The molecular weight excluding hydrogens is 412 g/mol. The molecule has 0 aliphatic carbocycles. The maximum Gasteiger partial charge on any atom is 0.251 e. The lowest BCUT2D eigenvalue weighted by molar-refractivity contribution is 0.0952. The normalized spacial score (nSPS) is 11.0. The highest BCUT2D eigenvalue weighted by Gasteiger charge is 2.10. The molecular formula is C25H23ClN2OS. The summed E-state index contributed by atoms with van der Waals surface area (Å²) in [5, 5.41) is 4.87. The zero-order valence-electron chi connectivity index (χ0n) is 16.8. The first-order valence-electron chi connectivity index (χ1n) is 9.91. The van der Waals surface area contributed by atoms with Crippen molar-refractivity contribution in [2.75, 3.05) is 6.54 Å². The number of hydrogen-bond donors (Lipinski definition) is 1. The number of amides is 1. The molecule has 1 heterocycles. The predicted octanol–water partition coefficient (Wildman–Crippen LogP) is 6.33. The summed E-state index contributed by atoms with van der Waals surface area (Å²) in [5.74, 6) is 0.853. The summed E-state index contributed by atoms with van der Waals surface area (Å²) in [7, 11) is 0. The van der Waals surface area contributed by atoms with Gasteiger partial charge in [-0.3, -0.25) is 4.79 Å². The Balaban J connectivity index is 1.44. The van der Waals surface area contributed by atoms with Crippen molar-refractivity contribution < 1.29 is 4.79 Å². The molecule has 4 aromatic rings. The van der Waals surface area contributed by atoms with Crippen molar-refractivity contribution in [2.45, 2.75) is 24.1 Å². The van der Waals surface area contributed by atoms with Gasteiger partial charge in [0.2, 0.25) is 0 Å². The number of benzene rings is 3. The van der Waals surface area contributed by atoms with Crippen LogP contribution in [-0.4, -0.2) is 17.0 Å². The summed E-state index contributed by atoms with van der Waals surface area (Å²) < 4.78 is 2.22. The molecule has 1 amide bonds. The van der Waals surface area contributed by atoms with Crippen LogP contribution >= 0.6 is 23.4 Å². The molecule has 1 aromatic heterocycles. The van der Waals surface area contributed by atoms with Gasteiger partial charge in [0.05, 0.1) is 0 Å². The SMILES string of the molecule is Cc1ccccc1CSc1cn(CCNC(=O)c2ccc(Cl)cc2)c2ccccc12. The minimum Gasteiger partial charge on any atom is -0.350 e. The van der Waals surface area contributed by atoms with Crippen molar-refractivity contribution >= 4 is 40.2 Å². The van der Waals surface area contributed by atoms with Gasteiger partial charge in [-0.15, -0.1) is 11.8 Å². The molecule has 0 atom stereocenters. The second kappa shape index (κ2) is 9.41. The third kappa shape index (κ3) is 4.72. The number of fused-ring (bicyclic) bond motifs is 1. The molecule has 30 heavy (non-hydrogen) atoms. The van der Waals surface area contributed by atoms with E-state index in [1.165, 1.54) is 26.9 Å². The number of nitrogens with zero attached hydrogens (tertiary/aromatic N) is 1. The van der Waals surface area contributed by atoms with E-state index in [1.54, 1.807) is 24.3 Å². The number of carbonyl (C=O) groups excluding carboxylic acids is 1. The first kappa shape index (κ1) is 20.6. The van der Waals surface area contributed by atoms with Crippen molar-refractivity contribution in [1.29, 1.82) is 0 Å². The molecule has 0 radical (unpaired) electrons. The number of nitrogens with one attached hydrogen (secondary N) is 1. The molecule has 0 saturated carbocycles. The van der Waals surface area contributed by atoms with Gasteiger partial charge in [-0.2, -0.15) is 0 Å². The quantitative estimate of drug-likeness (QED) is 0.345. The monoisotopic (exact) mass is 434 g/mol. The number of para-hydroxylation sites is 1. The standard InChI is InChI=1S/C25H23ClN2OS/c1-18-6-2-3-7-20(18)17-30-24-16-28(23-9-5-4-8-22(23)24)15-14-27-25(29)19-10-12-21(26)13-11-19/h2-13,16H,14-15,17H2,1H3,(H,27,29). The van der Waals surface area contributed by atoms with E-state index < -0.39 is 0 Å². The van der Waals surface area contributed by atoms with Crippen LogP contribution in [0.5, 0.6) is 0 Å². The number of rotatable bonds is 7. The fraction of sp³-hybridized carbons (Fsp3) is 0.160. The van der Waals surface area contributed by atoms with Gasteiger partial charge in [0.15, 0.2) is 0 Å². The summed E-state index contributed by atoms with van der Waals surface area (Å²) in [6.45, 7) is 3.43. The van der Waals surface area contributed by atoms with Crippen LogP contribution in [-0.2, 0) is 12.3 Å². The van der Waals surface area contributed by atoms with Gasteiger partial charge in [0.1, 0.15) is 0 Å². The summed E-state index contributed by atoms with van der Waals surface area (Å²) in [4.78, 5) is 13.6. The van der Waals surface area contributed by atoms with Gasteiger partial charge in [-0.1, -0.05) is 54.1 Å². The van der Waals surface area contributed by atoms with Crippen LogP contribution in [0.3, 0.4) is 0 Å². The van der Waals surface area contributed by atoms with Crippen LogP contribution in [0.1, 0.15) is 21.5 Å². The molecule has 0 saturated heterocycles. The zero-order chi connectivity index (χ0) is 20.9. The van der Waals surface area contributed by atoms with Gasteiger partial charge in [0, 0.05) is 51.4 Å². The average molecular weight is 435 g/mol. The van der Waals surface area contributed by atoms with Crippen LogP contribution in [0.15, 0.2) is 83.9 Å². The van der Waals surface area contributed by atoms with Crippen molar-refractivity contribution in [3.63, 3.8) is 0 Å². The Kier molecular flexibility index (Phi) is 6.46. The number of hydrogen-bond acceptors (Lipinski definition) is 2. The second-order valence-electron chi connectivity index (χ2n) is 7.18. The first-order valence-corrected chi connectivity index (χ1v) is 11.3. The van der Waals surface area contributed by atoms with Crippen molar-refractivity contribution in [3.8, 4) is 0 Å². The fourth-order valence-electron chi connectivity index (χ4n) is 3.43. The number of aryl methyl sites for hydroxylation is 1. The largest absolute Gasteiger partial charge is 0.350 e. The lowest BCUT2D eigenvalue weighted by Gasteiger charge is -2.08. The first-order chi connectivity index (χ1) is 14.6. The number of halogens is 1. The van der Waals surface area contributed by atoms with Crippen LogP contribution < -0.4 is 5.32 Å². The lowest BCUT2D eigenvalue weighted by Crippen LogP contribution is -2.27. The van der Waals surface area contributed by atoms with Gasteiger partial charge in [-0.05, 0) is 48.4 Å². The van der Waals surface area contributed by atoms with Gasteiger partial charge >= 0.3 is 0 Å². The fourth-order valence-corrected chi connectivity index (χ4v) is 4.72. The third-order valence-corrected chi connectivity index (χ3v) is 6.48. The predicted molar refractivity (Wildman–Crippen MR) is 126 cm³/mol. The summed E-state index contributed by atoms with van der Waals surface area (Å²) >= 11 is 7.75. The van der Waals surface area contributed by atoms with Crippen LogP contribution in [0, 0.1) is 6.92 Å². The second-order valence-corrected chi connectivity index (χ2v) is 8.64. The van der Waals surface area contributed by atoms with E-state index in [2.05, 4.69) is 71.5 Å². The Hall–Kier alpha value is -2.69. The Bertz CT molecular complexity index is 1170. The van der Waals surface area contributed by atoms with Crippen LogP contribution in [0.25, 0.3) is 10.9 Å². The Morgan fingerprint density at radius 2 is 1.73 bits per heavy atom. The van der Waals surface area contributed by atoms with E-state index in [0.29, 0.717) is 23.7 Å². The minimum atomic E-state index is -0.0859. The van der Waals surface area contributed by atoms with Gasteiger partial charge in [-0.25, -0.2) is 0 Å². The third-order valence-electron chi connectivity index (χ3n) is 5.14. The molecule has 0 fully saturated rings. The molecule has 0 bridgehead atoms. The van der Waals surface area contributed by atoms with E-state index in [9.17, 15) is 4.79 Å². The van der Waals surface area contributed by atoms with E-state index in [4.69, 9.17) is 11.6 Å². The van der Waals surface area contributed by atoms with E-state index in [0.717, 1.165) is 5.75 Å². The van der Waals surface area contributed by atoms with Crippen molar-refractivity contribution in [3.05, 3.63) is 101 Å². The average Bonchev–Trinajstić information content (AvgIpc) is 3.11. The number of thioether (sulfide) groups is 1. The lowest BCUT2D eigenvalue weighted by atomic mass is 10.1. The molecule has 0 spiro atoms. The van der Waals surface area contributed by atoms with Gasteiger partial charge in [0.25, 0.3) is 5.91 Å². The van der Waals surface area contributed by atoms with Crippen LogP contribution in [0.4, 0.5) is 0 Å². The smallest absolute Gasteiger partial charge is 0.251 e. The molecule has 5 heteroatoms. The Morgan fingerprint density at radius 1 is 1.00 bits per heavy atom. The zero-order valence-corrected chi connectivity index (χ0v) is 18.3. The maximum absolute atomic E-state index is 12.3. The molecule has 0 aliphatic heterocycles. The summed E-state index contributed by atoms with van der Waals surface area (Å²) in [5.41, 5.74) is 4.48. The molecule has 1 N–H and O–H groups in total. The summed E-state index contributed by atoms with van der Waals surface area (Å²) in [6, 6.07) is 23.9. The highest BCUT2D eigenvalue weighted by Crippen LogP contribution is 2.32. The molecule has 152 valence electrons. The van der Waals surface area contributed by atoms with E-state index >= 15 is 0 Å². The van der Waals surface area contributed by atoms with Crippen LogP contribution in [0.2, 0.25) is 5.02 Å². The molecule has 0 aliphatic rings. The maximum atomic E-state index is 12.3. The molecule has 4 rings (SSSR count). The Morgan fingerprint density at radius 3 is 2.53 bits per heavy atom.